The van der Waals surface area contributed by atoms with E-state index in [1.165, 1.54) is 0 Å². The lowest BCUT2D eigenvalue weighted by atomic mass is 9.82. The molecule has 1 aromatic heterocycles. The van der Waals surface area contributed by atoms with E-state index in [0.717, 1.165) is 17.8 Å². The van der Waals surface area contributed by atoms with Crippen LogP contribution in [0.25, 0.3) is 0 Å². The fourth-order valence-corrected chi connectivity index (χ4v) is 2.75. The van der Waals surface area contributed by atoms with Crippen LogP contribution in [0.3, 0.4) is 0 Å². The molecule has 1 aliphatic heterocycles. The van der Waals surface area contributed by atoms with E-state index in [0.29, 0.717) is 32.7 Å². The molecule has 0 spiro atoms. The molecule has 1 aromatic rings. The summed E-state index contributed by atoms with van der Waals surface area (Å²) in [6.45, 7) is 4.05. The summed E-state index contributed by atoms with van der Waals surface area (Å²) in [6.07, 6.45) is 1.48. The Morgan fingerprint density at radius 1 is 1.55 bits per heavy atom. The zero-order valence-corrected chi connectivity index (χ0v) is 12.1. The van der Waals surface area contributed by atoms with E-state index in [4.69, 9.17) is 4.74 Å². The van der Waals surface area contributed by atoms with Crippen LogP contribution in [-0.2, 0) is 16.1 Å². The average molecular weight is 278 g/mol. The summed E-state index contributed by atoms with van der Waals surface area (Å²) >= 11 is 0. The SMILES string of the molecule is Cc1cccc(CN(C)CC2(C(=O)O)CCCOC2)n1. The van der Waals surface area contributed by atoms with Crippen LogP contribution >= 0.6 is 0 Å². The number of nitrogens with zero attached hydrogens (tertiary/aromatic N) is 2. The Kier molecular flexibility index (Phi) is 4.73. The minimum Gasteiger partial charge on any atom is -0.481 e. The first-order chi connectivity index (χ1) is 9.52. The van der Waals surface area contributed by atoms with Crippen molar-refractivity contribution in [3.8, 4) is 0 Å². The van der Waals surface area contributed by atoms with Gasteiger partial charge in [0.05, 0.1) is 12.3 Å². The number of hydrogen-bond donors (Lipinski definition) is 1. The molecule has 1 atom stereocenters. The van der Waals surface area contributed by atoms with E-state index in [2.05, 4.69) is 4.98 Å². The third kappa shape index (κ3) is 3.55. The molecular weight excluding hydrogens is 256 g/mol. The Morgan fingerprint density at radius 2 is 2.35 bits per heavy atom. The molecule has 0 aromatic carbocycles. The predicted molar refractivity (Wildman–Crippen MR) is 75.4 cm³/mol. The van der Waals surface area contributed by atoms with Crippen molar-refractivity contribution in [3.63, 3.8) is 0 Å². The second-order valence-electron chi connectivity index (χ2n) is 5.68. The number of hydrogen-bond acceptors (Lipinski definition) is 4. The van der Waals surface area contributed by atoms with Crippen LogP contribution in [0.2, 0.25) is 0 Å². The van der Waals surface area contributed by atoms with Gasteiger partial charge in [-0.15, -0.1) is 0 Å². The van der Waals surface area contributed by atoms with E-state index in [1.54, 1.807) is 0 Å². The molecular formula is C15H22N2O3. The summed E-state index contributed by atoms with van der Waals surface area (Å²) in [5.41, 5.74) is 1.16. The van der Waals surface area contributed by atoms with Crippen molar-refractivity contribution in [1.82, 2.24) is 9.88 Å². The largest absolute Gasteiger partial charge is 0.481 e. The van der Waals surface area contributed by atoms with Gasteiger partial charge in [-0.05, 0) is 38.9 Å². The van der Waals surface area contributed by atoms with Gasteiger partial charge >= 0.3 is 5.97 Å². The quantitative estimate of drug-likeness (QED) is 0.888. The number of pyridine rings is 1. The number of ether oxygens (including phenoxy) is 1. The number of rotatable bonds is 5. The summed E-state index contributed by atoms with van der Waals surface area (Å²) in [7, 11) is 1.93. The number of aryl methyl sites for hydroxylation is 1. The molecule has 1 aliphatic rings. The maximum atomic E-state index is 11.6. The van der Waals surface area contributed by atoms with Crippen LogP contribution in [0.15, 0.2) is 18.2 Å². The van der Waals surface area contributed by atoms with Gasteiger partial charge in [0.15, 0.2) is 0 Å². The molecule has 0 saturated carbocycles. The van der Waals surface area contributed by atoms with Gasteiger partial charge in [0, 0.05) is 25.4 Å². The third-order valence-electron chi connectivity index (χ3n) is 3.73. The van der Waals surface area contributed by atoms with Gasteiger partial charge in [0.1, 0.15) is 5.41 Å². The highest BCUT2D eigenvalue weighted by Crippen LogP contribution is 2.30. The van der Waals surface area contributed by atoms with Crippen molar-refractivity contribution in [2.45, 2.75) is 26.3 Å². The highest BCUT2D eigenvalue weighted by molar-refractivity contribution is 5.75. The van der Waals surface area contributed by atoms with Gasteiger partial charge in [-0.2, -0.15) is 0 Å². The van der Waals surface area contributed by atoms with Crippen molar-refractivity contribution in [2.24, 2.45) is 5.41 Å². The number of carboxylic acid groups (broad SMARTS) is 1. The molecule has 1 fully saturated rings. The van der Waals surface area contributed by atoms with Crippen LogP contribution in [-0.4, -0.2) is 47.8 Å². The van der Waals surface area contributed by atoms with E-state index in [1.807, 2.05) is 37.1 Å². The van der Waals surface area contributed by atoms with Gasteiger partial charge in [0.25, 0.3) is 0 Å². The van der Waals surface area contributed by atoms with Crippen LogP contribution < -0.4 is 0 Å². The number of carboxylic acids is 1. The molecule has 0 aliphatic carbocycles. The number of aromatic nitrogens is 1. The minimum atomic E-state index is -0.781. The van der Waals surface area contributed by atoms with Gasteiger partial charge in [-0.25, -0.2) is 0 Å². The molecule has 5 heteroatoms. The van der Waals surface area contributed by atoms with E-state index < -0.39 is 11.4 Å². The topological polar surface area (TPSA) is 62.7 Å². The maximum Gasteiger partial charge on any atom is 0.313 e. The number of carbonyl (C=O) groups is 1. The third-order valence-corrected chi connectivity index (χ3v) is 3.73. The highest BCUT2D eigenvalue weighted by Gasteiger charge is 2.41. The Hall–Kier alpha value is -1.46. The molecule has 2 rings (SSSR count). The Balaban J connectivity index is 2.01. The Labute approximate surface area is 119 Å². The zero-order chi connectivity index (χ0) is 14.6. The smallest absolute Gasteiger partial charge is 0.313 e. The van der Waals surface area contributed by atoms with E-state index in [9.17, 15) is 9.90 Å². The molecule has 2 heterocycles. The fourth-order valence-electron chi connectivity index (χ4n) is 2.75. The van der Waals surface area contributed by atoms with Crippen LogP contribution in [0, 0.1) is 12.3 Å². The zero-order valence-electron chi connectivity index (χ0n) is 12.1. The van der Waals surface area contributed by atoms with Crippen LogP contribution in [0.5, 0.6) is 0 Å². The molecule has 0 radical (unpaired) electrons. The van der Waals surface area contributed by atoms with Crippen LogP contribution in [0.4, 0.5) is 0 Å². The van der Waals surface area contributed by atoms with Gasteiger partial charge < -0.3 is 9.84 Å². The second-order valence-corrected chi connectivity index (χ2v) is 5.68. The lowest BCUT2D eigenvalue weighted by Crippen LogP contribution is -2.47. The lowest BCUT2D eigenvalue weighted by Gasteiger charge is -2.36. The predicted octanol–water partition coefficient (Wildman–Crippen LogP) is 1.70. The summed E-state index contributed by atoms with van der Waals surface area (Å²) in [4.78, 5) is 18.1. The second kappa shape index (κ2) is 6.33. The van der Waals surface area contributed by atoms with Crippen LogP contribution in [0.1, 0.15) is 24.2 Å². The molecule has 5 nitrogen and oxygen atoms in total. The molecule has 20 heavy (non-hydrogen) atoms. The summed E-state index contributed by atoms with van der Waals surface area (Å²) in [5.74, 6) is -0.763. The lowest BCUT2D eigenvalue weighted by molar-refractivity contribution is -0.159. The first-order valence-corrected chi connectivity index (χ1v) is 6.94. The van der Waals surface area contributed by atoms with Crippen molar-refractivity contribution in [1.29, 1.82) is 0 Å². The average Bonchev–Trinajstić information content (AvgIpc) is 2.39. The maximum absolute atomic E-state index is 11.6. The summed E-state index contributed by atoms with van der Waals surface area (Å²) < 4.78 is 5.39. The molecule has 0 amide bonds. The van der Waals surface area contributed by atoms with E-state index in [-0.39, 0.29) is 0 Å². The summed E-state index contributed by atoms with van der Waals surface area (Å²) in [6, 6.07) is 5.90. The Morgan fingerprint density at radius 3 is 2.95 bits per heavy atom. The molecule has 1 unspecified atom stereocenters. The van der Waals surface area contributed by atoms with Crippen molar-refractivity contribution >= 4 is 5.97 Å². The van der Waals surface area contributed by atoms with Gasteiger partial charge in [-0.1, -0.05) is 6.07 Å². The highest BCUT2D eigenvalue weighted by atomic mass is 16.5. The first-order valence-electron chi connectivity index (χ1n) is 6.94. The standard InChI is InChI=1S/C15H22N2O3/c1-12-5-3-6-13(16-12)9-17(2)10-15(14(18)19)7-4-8-20-11-15/h3,5-6H,4,7-11H2,1-2H3,(H,18,19). The van der Waals surface area contributed by atoms with Gasteiger partial charge in [0.2, 0.25) is 0 Å². The van der Waals surface area contributed by atoms with E-state index >= 15 is 0 Å². The fraction of sp³-hybridized carbons (Fsp3) is 0.600. The van der Waals surface area contributed by atoms with Crippen molar-refractivity contribution in [2.75, 3.05) is 26.8 Å². The molecule has 110 valence electrons. The Bertz CT molecular complexity index is 470. The molecule has 1 saturated heterocycles. The molecule has 1 N–H and O–H groups in total. The number of aliphatic carboxylic acids is 1. The van der Waals surface area contributed by atoms with Crippen molar-refractivity contribution < 1.29 is 14.6 Å². The molecule has 0 bridgehead atoms. The monoisotopic (exact) mass is 278 g/mol. The summed E-state index contributed by atoms with van der Waals surface area (Å²) in [5, 5.41) is 9.53. The minimum absolute atomic E-state index is 0.300. The first kappa shape index (κ1) is 14.9. The van der Waals surface area contributed by atoms with Gasteiger partial charge in [-0.3, -0.25) is 14.7 Å². The normalized spacial score (nSPS) is 22.9. The van der Waals surface area contributed by atoms with Crippen molar-refractivity contribution in [3.05, 3.63) is 29.6 Å².